The molecule has 2 aromatic carbocycles. The van der Waals surface area contributed by atoms with Gasteiger partial charge in [0.25, 0.3) is 0 Å². The monoisotopic (exact) mass is 264 g/mol. The van der Waals surface area contributed by atoms with E-state index < -0.39 is 5.82 Å². The summed E-state index contributed by atoms with van der Waals surface area (Å²) >= 11 is 5.84. The fraction of sp³-hybridized carbons (Fsp3) is 0.0714. The lowest BCUT2D eigenvalue weighted by Crippen LogP contribution is -1.96. The van der Waals surface area contributed by atoms with Gasteiger partial charge in [0.1, 0.15) is 24.5 Å². The van der Waals surface area contributed by atoms with Crippen LogP contribution in [0.1, 0.15) is 15.9 Å². The Balaban J connectivity index is 2.10. The Morgan fingerprint density at radius 2 is 2.06 bits per heavy atom. The fourth-order valence-corrected chi connectivity index (χ4v) is 1.74. The van der Waals surface area contributed by atoms with Crippen LogP contribution in [0.4, 0.5) is 4.39 Å². The summed E-state index contributed by atoms with van der Waals surface area (Å²) in [5.41, 5.74) is 1.12. The highest BCUT2D eigenvalue weighted by Crippen LogP contribution is 2.18. The molecule has 0 aliphatic heterocycles. The van der Waals surface area contributed by atoms with Crippen LogP contribution in [0.2, 0.25) is 5.02 Å². The van der Waals surface area contributed by atoms with Crippen LogP contribution in [-0.4, -0.2) is 6.29 Å². The first-order chi connectivity index (χ1) is 8.67. The average molecular weight is 265 g/mol. The smallest absolute Gasteiger partial charge is 0.150 e. The molecule has 0 aromatic heterocycles. The van der Waals surface area contributed by atoms with E-state index >= 15 is 0 Å². The van der Waals surface area contributed by atoms with Crippen molar-refractivity contribution in [2.24, 2.45) is 0 Å². The quantitative estimate of drug-likeness (QED) is 0.784. The number of aldehydes is 1. The van der Waals surface area contributed by atoms with E-state index in [1.165, 1.54) is 12.1 Å². The molecule has 4 heteroatoms. The van der Waals surface area contributed by atoms with Crippen molar-refractivity contribution in [1.82, 2.24) is 0 Å². The van der Waals surface area contributed by atoms with Crippen LogP contribution >= 0.6 is 11.6 Å². The summed E-state index contributed by atoms with van der Waals surface area (Å²) < 4.78 is 18.6. The summed E-state index contributed by atoms with van der Waals surface area (Å²) in [5, 5.41) is 0.615. The zero-order chi connectivity index (χ0) is 13.0. The van der Waals surface area contributed by atoms with Gasteiger partial charge in [-0.1, -0.05) is 23.7 Å². The molecule has 0 radical (unpaired) electrons. The second-order valence-electron chi connectivity index (χ2n) is 3.76. The number of benzene rings is 2. The van der Waals surface area contributed by atoms with E-state index in [1.54, 1.807) is 12.1 Å². The topological polar surface area (TPSA) is 26.3 Å². The van der Waals surface area contributed by atoms with Gasteiger partial charge in [0, 0.05) is 16.7 Å². The van der Waals surface area contributed by atoms with Crippen molar-refractivity contribution in [2.75, 3.05) is 0 Å². The molecule has 0 aliphatic carbocycles. The lowest BCUT2D eigenvalue weighted by atomic mass is 10.2. The zero-order valence-electron chi connectivity index (χ0n) is 9.40. The number of ether oxygens (including phenoxy) is 1. The van der Waals surface area contributed by atoms with Gasteiger partial charge in [0.15, 0.2) is 0 Å². The second kappa shape index (κ2) is 5.65. The second-order valence-corrected chi connectivity index (χ2v) is 4.19. The molecule has 2 rings (SSSR count). The summed E-state index contributed by atoms with van der Waals surface area (Å²) in [6.45, 7) is 0.266. The highest BCUT2D eigenvalue weighted by atomic mass is 35.5. The van der Waals surface area contributed by atoms with Gasteiger partial charge in [-0.15, -0.1) is 0 Å². The molecule has 92 valence electrons. The Labute approximate surface area is 109 Å². The van der Waals surface area contributed by atoms with Crippen LogP contribution in [0.3, 0.4) is 0 Å². The lowest BCUT2D eigenvalue weighted by molar-refractivity contribution is 0.112. The molecule has 2 aromatic rings. The molecular weight excluding hydrogens is 255 g/mol. The molecule has 0 heterocycles. The summed E-state index contributed by atoms with van der Waals surface area (Å²) in [4.78, 5) is 10.6. The van der Waals surface area contributed by atoms with Gasteiger partial charge in [0.2, 0.25) is 0 Å². The fourth-order valence-electron chi connectivity index (χ4n) is 1.53. The van der Waals surface area contributed by atoms with Gasteiger partial charge in [-0.05, 0) is 29.8 Å². The third-order valence-corrected chi connectivity index (χ3v) is 2.56. The summed E-state index contributed by atoms with van der Waals surface area (Å²) in [6.07, 6.45) is 0.579. The van der Waals surface area contributed by atoms with Crippen LogP contribution in [0, 0.1) is 5.82 Å². The van der Waals surface area contributed by atoms with Crippen molar-refractivity contribution in [1.29, 1.82) is 0 Å². The Morgan fingerprint density at radius 3 is 2.78 bits per heavy atom. The summed E-state index contributed by atoms with van der Waals surface area (Å²) in [5.74, 6) is -0.183. The van der Waals surface area contributed by atoms with Crippen molar-refractivity contribution in [3.05, 3.63) is 64.4 Å². The standard InChI is InChI=1S/C14H10ClFO2/c15-12-3-1-2-10(4-12)9-18-14-6-11(8-17)5-13(16)7-14/h1-8H,9H2. The van der Waals surface area contributed by atoms with Crippen molar-refractivity contribution in [3.63, 3.8) is 0 Å². The van der Waals surface area contributed by atoms with Crippen LogP contribution in [0.15, 0.2) is 42.5 Å². The molecule has 0 saturated carbocycles. The maximum Gasteiger partial charge on any atom is 0.150 e. The third-order valence-electron chi connectivity index (χ3n) is 2.32. The predicted octanol–water partition coefficient (Wildman–Crippen LogP) is 3.87. The summed E-state index contributed by atoms with van der Waals surface area (Å²) in [7, 11) is 0. The zero-order valence-corrected chi connectivity index (χ0v) is 10.2. The Hall–Kier alpha value is -1.87. The van der Waals surface area contributed by atoms with Crippen molar-refractivity contribution in [3.8, 4) is 5.75 Å². The van der Waals surface area contributed by atoms with E-state index in [1.807, 2.05) is 12.1 Å². The van der Waals surface area contributed by atoms with Gasteiger partial charge in [-0.25, -0.2) is 4.39 Å². The van der Waals surface area contributed by atoms with Gasteiger partial charge >= 0.3 is 0 Å². The Kier molecular flexibility index (Phi) is 3.95. The Morgan fingerprint density at radius 1 is 1.22 bits per heavy atom. The van der Waals surface area contributed by atoms with E-state index in [4.69, 9.17) is 16.3 Å². The average Bonchev–Trinajstić information content (AvgIpc) is 2.36. The highest BCUT2D eigenvalue weighted by molar-refractivity contribution is 6.30. The first-order valence-corrected chi connectivity index (χ1v) is 5.68. The number of hydrogen-bond acceptors (Lipinski definition) is 2. The van der Waals surface area contributed by atoms with E-state index in [2.05, 4.69) is 0 Å². The van der Waals surface area contributed by atoms with Gasteiger partial charge < -0.3 is 4.74 Å². The normalized spacial score (nSPS) is 10.1. The molecule has 0 aliphatic rings. The molecule has 0 atom stereocenters. The number of carbonyl (C=O) groups is 1. The van der Waals surface area contributed by atoms with Crippen LogP contribution < -0.4 is 4.74 Å². The highest BCUT2D eigenvalue weighted by Gasteiger charge is 2.02. The van der Waals surface area contributed by atoms with Gasteiger partial charge in [0.05, 0.1) is 0 Å². The molecule has 2 nitrogen and oxygen atoms in total. The summed E-state index contributed by atoms with van der Waals surface area (Å²) in [6, 6.07) is 11.1. The molecular formula is C14H10ClFO2. The van der Waals surface area contributed by atoms with Gasteiger partial charge in [-0.3, -0.25) is 4.79 Å². The third kappa shape index (κ3) is 3.31. The van der Waals surface area contributed by atoms with Crippen molar-refractivity contribution in [2.45, 2.75) is 6.61 Å². The molecule has 0 bridgehead atoms. The van der Waals surface area contributed by atoms with Crippen LogP contribution in [0.5, 0.6) is 5.75 Å². The molecule has 0 amide bonds. The molecule has 0 saturated heterocycles. The van der Waals surface area contributed by atoms with E-state index in [0.29, 0.717) is 17.1 Å². The molecule has 0 unspecified atom stereocenters. The minimum atomic E-state index is -0.499. The number of halogens is 2. The Bertz CT molecular complexity index is 569. The van der Waals surface area contributed by atoms with Crippen molar-refractivity contribution >= 4 is 17.9 Å². The van der Waals surface area contributed by atoms with E-state index in [9.17, 15) is 9.18 Å². The van der Waals surface area contributed by atoms with E-state index in [0.717, 1.165) is 11.6 Å². The minimum absolute atomic E-state index is 0.246. The lowest BCUT2D eigenvalue weighted by Gasteiger charge is -2.07. The van der Waals surface area contributed by atoms with Crippen LogP contribution in [-0.2, 0) is 6.61 Å². The first kappa shape index (κ1) is 12.6. The van der Waals surface area contributed by atoms with Gasteiger partial charge in [-0.2, -0.15) is 0 Å². The molecule has 0 fully saturated rings. The minimum Gasteiger partial charge on any atom is -0.489 e. The number of hydrogen-bond donors (Lipinski definition) is 0. The van der Waals surface area contributed by atoms with Crippen molar-refractivity contribution < 1.29 is 13.9 Å². The molecule has 18 heavy (non-hydrogen) atoms. The number of carbonyl (C=O) groups excluding carboxylic acids is 1. The number of rotatable bonds is 4. The van der Waals surface area contributed by atoms with Crippen LogP contribution in [0.25, 0.3) is 0 Å². The first-order valence-electron chi connectivity index (χ1n) is 5.30. The molecule has 0 N–H and O–H groups in total. The predicted molar refractivity (Wildman–Crippen MR) is 67.6 cm³/mol. The SMILES string of the molecule is O=Cc1cc(F)cc(OCc2cccc(Cl)c2)c1. The largest absolute Gasteiger partial charge is 0.489 e. The maximum atomic E-state index is 13.1. The molecule has 0 spiro atoms. The maximum absolute atomic E-state index is 13.1. The van der Waals surface area contributed by atoms with E-state index in [-0.39, 0.29) is 12.2 Å².